The number of hydrogen-bond acceptors (Lipinski definition) is 2. The van der Waals surface area contributed by atoms with Gasteiger partial charge in [0, 0.05) is 11.3 Å². The van der Waals surface area contributed by atoms with Crippen LogP contribution in [0.15, 0.2) is 103 Å². The second-order valence-electron chi connectivity index (χ2n) is 8.89. The van der Waals surface area contributed by atoms with Gasteiger partial charge in [-0.15, -0.1) is 0 Å². The van der Waals surface area contributed by atoms with Crippen LogP contribution in [-0.4, -0.2) is 15.7 Å². The molecule has 0 aliphatic carbocycles. The van der Waals surface area contributed by atoms with Crippen LogP contribution >= 0.6 is 0 Å². The van der Waals surface area contributed by atoms with E-state index in [4.69, 9.17) is 5.10 Å². The number of para-hydroxylation sites is 1. The van der Waals surface area contributed by atoms with Crippen LogP contribution in [0.4, 0.5) is 5.69 Å². The van der Waals surface area contributed by atoms with Gasteiger partial charge in [-0.05, 0) is 72.9 Å². The highest BCUT2D eigenvalue weighted by molar-refractivity contribution is 6.03. The summed E-state index contributed by atoms with van der Waals surface area (Å²) in [6, 6.07) is 34.6. The molecule has 172 valence electrons. The maximum absolute atomic E-state index is 13.2. The molecular weight excluding hydrogens is 430 g/mol. The third-order valence-corrected chi connectivity index (χ3v) is 6.05. The smallest absolute Gasteiger partial charge is 0.276 e. The van der Waals surface area contributed by atoms with Gasteiger partial charge in [0.1, 0.15) is 0 Å². The van der Waals surface area contributed by atoms with Crippen LogP contribution in [0.2, 0.25) is 0 Å². The molecule has 0 aliphatic rings. The zero-order valence-electron chi connectivity index (χ0n) is 20.1. The van der Waals surface area contributed by atoms with Crippen molar-refractivity contribution in [3.63, 3.8) is 0 Å². The topological polar surface area (TPSA) is 46.9 Å². The summed E-state index contributed by atoms with van der Waals surface area (Å²) in [4.78, 5) is 13.2. The number of nitrogens with zero attached hydrogens (tertiary/aromatic N) is 2. The highest BCUT2D eigenvalue weighted by atomic mass is 16.1. The molecule has 0 aliphatic heterocycles. The number of anilines is 1. The zero-order chi connectivity index (χ0) is 24.4. The normalized spacial score (nSPS) is 10.8. The summed E-state index contributed by atoms with van der Waals surface area (Å²) in [5.41, 5.74) is 9.54. The van der Waals surface area contributed by atoms with E-state index in [2.05, 4.69) is 60.8 Å². The van der Waals surface area contributed by atoms with Crippen molar-refractivity contribution < 1.29 is 4.79 Å². The van der Waals surface area contributed by atoms with Crippen LogP contribution in [0.1, 0.15) is 27.2 Å². The number of amides is 1. The van der Waals surface area contributed by atoms with Crippen molar-refractivity contribution in [3.8, 4) is 28.1 Å². The lowest BCUT2D eigenvalue weighted by Crippen LogP contribution is -2.13. The Bertz CT molecular complexity index is 1480. The predicted octanol–water partition coefficient (Wildman–Crippen LogP) is 7.38. The van der Waals surface area contributed by atoms with Crippen molar-refractivity contribution in [2.45, 2.75) is 20.8 Å². The van der Waals surface area contributed by atoms with Crippen molar-refractivity contribution in [2.75, 3.05) is 5.32 Å². The molecule has 4 heteroatoms. The molecular formula is C31H27N3O. The summed E-state index contributed by atoms with van der Waals surface area (Å²) in [5.74, 6) is -0.232. The van der Waals surface area contributed by atoms with Crippen molar-refractivity contribution >= 4 is 11.6 Å². The predicted molar refractivity (Wildman–Crippen MR) is 143 cm³/mol. The molecule has 0 saturated heterocycles. The van der Waals surface area contributed by atoms with Gasteiger partial charge in [0.05, 0.1) is 11.4 Å². The Kier molecular flexibility index (Phi) is 6.02. The Labute approximate surface area is 205 Å². The van der Waals surface area contributed by atoms with Gasteiger partial charge in [-0.25, -0.2) is 4.68 Å². The lowest BCUT2D eigenvalue weighted by atomic mass is 10.0. The molecule has 1 amide bonds. The molecule has 5 rings (SSSR count). The molecule has 4 nitrogen and oxygen atoms in total. The molecule has 0 atom stereocenters. The Morgan fingerprint density at radius 2 is 1.29 bits per heavy atom. The fourth-order valence-electron chi connectivity index (χ4n) is 4.39. The standard InChI is InChI=1S/C31H27N3O/c1-21-17-22(2)19-27(18-21)32-31(35)28-20-30(34(33-28)29-12-8-7-9-23(29)3)26-15-13-25(14-16-26)24-10-5-4-6-11-24/h4-20H,1-3H3,(H,32,35). The molecule has 0 bridgehead atoms. The summed E-state index contributed by atoms with van der Waals surface area (Å²) in [7, 11) is 0. The summed E-state index contributed by atoms with van der Waals surface area (Å²) >= 11 is 0. The number of hydrogen-bond donors (Lipinski definition) is 1. The maximum atomic E-state index is 13.2. The number of nitrogens with one attached hydrogen (secondary N) is 1. The van der Waals surface area contributed by atoms with Crippen molar-refractivity contribution in [1.29, 1.82) is 0 Å². The van der Waals surface area contributed by atoms with Crippen molar-refractivity contribution in [3.05, 3.63) is 126 Å². The molecule has 35 heavy (non-hydrogen) atoms. The van der Waals surface area contributed by atoms with Gasteiger partial charge < -0.3 is 5.32 Å². The van der Waals surface area contributed by atoms with Gasteiger partial charge in [0.25, 0.3) is 5.91 Å². The summed E-state index contributed by atoms with van der Waals surface area (Å²) in [6.07, 6.45) is 0. The first-order valence-corrected chi connectivity index (χ1v) is 11.7. The Morgan fingerprint density at radius 3 is 1.97 bits per heavy atom. The van der Waals surface area contributed by atoms with Gasteiger partial charge in [0.2, 0.25) is 0 Å². The monoisotopic (exact) mass is 457 g/mol. The molecule has 0 radical (unpaired) electrons. The van der Waals surface area contributed by atoms with E-state index in [0.717, 1.165) is 44.9 Å². The lowest BCUT2D eigenvalue weighted by Gasteiger charge is -2.11. The van der Waals surface area contributed by atoms with Gasteiger partial charge >= 0.3 is 0 Å². The van der Waals surface area contributed by atoms with Gasteiger partial charge in [-0.2, -0.15) is 5.10 Å². The quantitative estimate of drug-likeness (QED) is 0.299. The molecule has 0 spiro atoms. The average Bonchev–Trinajstić information content (AvgIpc) is 3.30. The number of carbonyl (C=O) groups excluding carboxylic acids is 1. The van der Waals surface area contributed by atoms with Crippen LogP contribution in [-0.2, 0) is 0 Å². The minimum Gasteiger partial charge on any atom is -0.321 e. The van der Waals surface area contributed by atoms with E-state index in [0.29, 0.717) is 5.69 Å². The Morgan fingerprint density at radius 1 is 0.686 bits per heavy atom. The van der Waals surface area contributed by atoms with E-state index in [9.17, 15) is 4.79 Å². The number of rotatable bonds is 5. The maximum Gasteiger partial charge on any atom is 0.276 e. The van der Waals surface area contributed by atoms with E-state index in [1.165, 1.54) is 5.56 Å². The average molecular weight is 458 g/mol. The second kappa shape index (κ2) is 9.43. The van der Waals surface area contributed by atoms with Gasteiger partial charge in [0.15, 0.2) is 5.69 Å². The molecule has 1 N–H and O–H groups in total. The second-order valence-corrected chi connectivity index (χ2v) is 8.89. The highest BCUT2D eigenvalue weighted by Crippen LogP contribution is 2.29. The minimum atomic E-state index is -0.232. The molecule has 0 saturated carbocycles. The number of benzene rings is 4. The Hall–Kier alpha value is -4.44. The van der Waals surface area contributed by atoms with E-state index in [-0.39, 0.29) is 5.91 Å². The number of carbonyl (C=O) groups is 1. The molecule has 0 unspecified atom stereocenters. The SMILES string of the molecule is Cc1cc(C)cc(NC(=O)c2cc(-c3ccc(-c4ccccc4)cc3)n(-c3ccccc3C)n2)c1. The van der Waals surface area contributed by atoms with Gasteiger partial charge in [-0.3, -0.25) is 4.79 Å². The van der Waals surface area contributed by atoms with Gasteiger partial charge in [-0.1, -0.05) is 78.9 Å². The van der Waals surface area contributed by atoms with E-state index in [1.807, 2.05) is 73.1 Å². The third kappa shape index (κ3) is 4.78. The van der Waals surface area contributed by atoms with Crippen LogP contribution in [0.25, 0.3) is 28.1 Å². The van der Waals surface area contributed by atoms with E-state index >= 15 is 0 Å². The van der Waals surface area contributed by atoms with Crippen molar-refractivity contribution in [1.82, 2.24) is 9.78 Å². The largest absolute Gasteiger partial charge is 0.321 e. The fraction of sp³-hybridized carbons (Fsp3) is 0.0968. The highest BCUT2D eigenvalue weighted by Gasteiger charge is 2.18. The first-order chi connectivity index (χ1) is 17.0. The van der Waals surface area contributed by atoms with Crippen LogP contribution < -0.4 is 5.32 Å². The van der Waals surface area contributed by atoms with E-state index in [1.54, 1.807) is 0 Å². The lowest BCUT2D eigenvalue weighted by molar-refractivity contribution is 0.102. The molecule has 1 aromatic heterocycles. The van der Waals surface area contributed by atoms with Crippen molar-refractivity contribution in [2.24, 2.45) is 0 Å². The number of aryl methyl sites for hydroxylation is 3. The fourth-order valence-corrected chi connectivity index (χ4v) is 4.39. The molecule has 0 fully saturated rings. The third-order valence-electron chi connectivity index (χ3n) is 6.05. The first-order valence-electron chi connectivity index (χ1n) is 11.7. The van der Waals surface area contributed by atoms with E-state index < -0.39 is 0 Å². The Balaban J connectivity index is 1.55. The summed E-state index contributed by atoms with van der Waals surface area (Å²) in [5, 5.41) is 7.76. The molecule has 5 aromatic rings. The van der Waals surface area contributed by atoms with Crippen LogP contribution in [0.3, 0.4) is 0 Å². The summed E-state index contributed by atoms with van der Waals surface area (Å²) < 4.78 is 1.86. The minimum absolute atomic E-state index is 0.232. The first kappa shape index (κ1) is 22.4. The summed E-state index contributed by atoms with van der Waals surface area (Å²) in [6.45, 7) is 6.09. The van der Waals surface area contributed by atoms with Crippen LogP contribution in [0, 0.1) is 20.8 Å². The molecule has 1 heterocycles. The van der Waals surface area contributed by atoms with Crippen LogP contribution in [0.5, 0.6) is 0 Å². The number of aromatic nitrogens is 2. The zero-order valence-corrected chi connectivity index (χ0v) is 20.1. The molecule has 4 aromatic carbocycles.